The lowest BCUT2D eigenvalue weighted by Gasteiger charge is -2.21. The van der Waals surface area contributed by atoms with E-state index in [-0.39, 0.29) is 21.3 Å². The van der Waals surface area contributed by atoms with E-state index in [2.05, 4.69) is 0 Å². The number of benzene rings is 1. The number of ketones is 1. The van der Waals surface area contributed by atoms with E-state index in [0.717, 1.165) is 12.8 Å². The Bertz CT molecular complexity index is 758. The largest absolute Gasteiger partial charge is 0.451 e. The van der Waals surface area contributed by atoms with E-state index >= 15 is 0 Å². The average molecular weight is 388 g/mol. The van der Waals surface area contributed by atoms with Gasteiger partial charge in [-0.1, -0.05) is 25.4 Å². The minimum atomic E-state index is -3.72. The van der Waals surface area contributed by atoms with Gasteiger partial charge >= 0.3 is 5.97 Å². The summed E-state index contributed by atoms with van der Waals surface area (Å²) in [5.41, 5.74) is -0.0479. The molecule has 6 nitrogen and oxygen atoms in total. The number of nitrogens with zero attached hydrogens (tertiary/aromatic N) is 1. The molecule has 1 aromatic rings. The second-order valence-electron chi connectivity index (χ2n) is 5.84. The van der Waals surface area contributed by atoms with Crippen molar-refractivity contribution in [1.82, 2.24) is 4.31 Å². The van der Waals surface area contributed by atoms with Crippen molar-refractivity contribution in [2.24, 2.45) is 0 Å². The lowest BCUT2D eigenvalue weighted by molar-refractivity contribution is -0.129. The molecule has 0 aliphatic heterocycles. The van der Waals surface area contributed by atoms with Gasteiger partial charge < -0.3 is 4.74 Å². The molecule has 0 saturated heterocycles. The van der Waals surface area contributed by atoms with Crippen molar-refractivity contribution in [2.45, 2.75) is 50.5 Å². The monoisotopic (exact) mass is 387 g/mol. The maximum absolute atomic E-state index is 12.6. The summed E-state index contributed by atoms with van der Waals surface area (Å²) in [4.78, 5) is 24.2. The fourth-order valence-electron chi connectivity index (χ4n) is 2.80. The molecule has 1 aromatic carbocycles. The van der Waals surface area contributed by atoms with Crippen LogP contribution in [0.15, 0.2) is 23.1 Å². The molecule has 0 amide bonds. The number of carbonyl (C=O) groups is 2. The maximum atomic E-state index is 12.6. The first-order valence-corrected chi connectivity index (χ1v) is 10.2. The lowest BCUT2D eigenvalue weighted by atomic mass is 9.96. The first-order chi connectivity index (χ1) is 11.8. The molecule has 0 spiro atoms. The Labute approximate surface area is 153 Å². The zero-order chi connectivity index (χ0) is 18.6. The number of esters is 1. The summed E-state index contributed by atoms with van der Waals surface area (Å²) in [6, 6.07) is 3.93. The molecule has 1 aliphatic carbocycles. The molecule has 1 saturated carbocycles. The highest BCUT2D eigenvalue weighted by molar-refractivity contribution is 7.89. The summed E-state index contributed by atoms with van der Waals surface area (Å²) in [6.07, 6.45) is 1.71. The number of Topliss-reactive ketones (excluding diaryl/α,β-unsaturated/α-hetero) is 1. The van der Waals surface area contributed by atoms with Crippen molar-refractivity contribution in [3.05, 3.63) is 28.8 Å². The van der Waals surface area contributed by atoms with E-state index in [1.807, 2.05) is 0 Å². The molecule has 2 rings (SSSR count). The van der Waals surface area contributed by atoms with Gasteiger partial charge in [-0.3, -0.25) is 4.79 Å². The van der Waals surface area contributed by atoms with E-state index in [0.29, 0.717) is 25.9 Å². The van der Waals surface area contributed by atoms with Crippen LogP contribution in [0.25, 0.3) is 0 Å². The molecule has 0 bridgehead atoms. The Morgan fingerprint density at radius 2 is 1.96 bits per heavy atom. The Hall–Kier alpha value is -1.44. The number of carbonyl (C=O) groups excluding carboxylic acids is 2. The standard InChI is InChI=1S/C17H22ClNO5S/c1-3-19(4-2)25(22,23)12-9-10-14(18)13(11-12)17(21)24-16-8-6-5-7-15(16)20/h9-11,16H,3-8H2,1-2H3. The van der Waals surface area contributed by atoms with Crippen LogP contribution in [-0.4, -0.2) is 43.7 Å². The van der Waals surface area contributed by atoms with Gasteiger partial charge in [0.25, 0.3) is 0 Å². The lowest BCUT2D eigenvalue weighted by Crippen LogP contribution is -2.31. The van der Waals surface area contributed by atoms with Gasteiger partial charge in [-0.25, -0.2) is 13.2 Å². The first kappa shape index (κ1) is 19.9. The highest BCUT2D eigenvalue weighted by Gasteiger charge is 2.28. The van der Waals surface area contributed by atoms with Crippen LogP contribution in [0.4, 0.5) is 0 Å². The Kier molecular flexibility index (Phi) is 6.59. The third-order valence-corrected chi connectivity index (χ3v) is 6.62. The number of sulfonamides is 1. The van der Waals surface area contributed by atoms with Crippen molar-refractivity contribution in [3.8, 4) is 0 Å². The van der Waals surface area contributed by atoms with Gasteiger partial charge in [0.1, 0.15) is 0 Å². The maximum Gasteiger partial charge on any atom is 0.340 e. The van der Waals surface area contributed by atoms with Crippen LogP contribution in [-0.2, 0) is 19.6 Å². The summed E-state index contributed by atoms with van der Waals surface area (Å²) in [6.45, 7) is 4.11. The van der Waals surface area contributed by atoms with Crippen LogP contribution < -0.4 is 0 Å². The third kappa shape index (κ3) is 4.40. The van der Waals surface area contributed by atoms with Gasteiger partial charge in [0.05, 0.1) is 15.5 Å². The number of ether oxygens (including phenoxy) is 1. The fourth-order valence-corrected chi connectivity index (χ4v) is 4.48. The Morgan fingerprint density at radius 3 is 2.56 bits per heavy atom. The minimum Gasteiger partial charge on any atom is -0.451 e. The van der Waals surface area contributed by atoms with Gasteiger partial charge in [-0.15, -0.1) is 0 Å². The first-order valence-electron chi connectivity index (χ1n) is 8.34. The summed E-state index contributed by atoms with van der Waals surface area (Å²) in [7, 11) is -3.72. The Morgan fingerprint density at radius 1 is 1.28 bits per heavy atom. The highest BCUT2D eigenvalue weighted by Crippen LogP contribution is 2.25. The Balaban J connectivity index is 2.29. The van der Waals surface area contributed by atoms with Gasteiger partial charge in [-0.2, -0.15) is 4.31 Å². The van der Waals surface area contributed by atoms with Gasteiger partial charge in [0.2, 0.25) is 10.0 Å². The van der Waals surface area contributed by atoms with Crippen LogP contribution in [0.3, 0.4) is 0 Å². The van der Waals surface area contributed by atoms with Crippen LogP contribution in [0, 0.1) is 0 Å². The van der Waals surface area contributed by atoms with E-state index in [1.54, 1.807) is 13.8 Å². The van der Waals surface area contributed by atoms with Crippen molar-refractivity contribution in [3.63, 3.8) is 0 Å². The van der Waals surface area contributed by atoms with Crippen LogP contribution in [0.1, 0.15) is 49.9 Å². The van der Waals surface area contributed by atoms with Crippen molar-refractivity contribution in [1.29, 1.82) is 0 Å². The quantitative estimate of drug-likeness (QED) is 0.701. The number of hydrogen-bond donors (Lipinski definition) is 0. The topological polar surface area (TPSA) is 80.8 Å². The second-order valence-corrected chi connectivity index (χ2v) is 8.18. The fraction of sp³-hybridized carbons (Fsp3) is 0.529. The van der Waals surface area contributed by atoms with E-state index in [4.69, 9.17) is 16.3 Å². The molecule has 138 valence electrons. The number of hydrogen-bond acceptors (Lipinski definition) is 5. The van der Waals surface area contributed by atoms with E-state index in [9.17, 15) is 18.0 Å². The number of halogens is 1. The number of rotatable bonds is 6. The van der Waals surface area contributed by atoms with Gasteiger partial charge in [0, 0.05) is 19.5 Å². The molecule has 8 heteroatoms. The van der Waals surface area contributed by atoms with Crippen molar-refractivity contribution < 1.29 is 22.7 Å². The zero-order valence-corrected chi connectivity index (χ0v) is 15.9. The van der Waals surface area contributed by atoms with Crippen LogP contribution in [0.5, 0.6) is 0 Å². The third-order valence-electron chi connectivity index (χ3n) is 4.25. The zero-order valence-electron chi connectivity index (χ0n) is 14.3. The SMILES string of the molecule is CCN(CC)S(=O)(=O)c1ccc(Cl)c(C(=O)OC2CCCCC2=O)c1. The van der Waals surface area contributed by atoms with Gasteiger partial charge in [0.15, 0.2) is 11.9 Å². The average Bonchev–Trinajstić information content (AvgIpc) is 2.58. The molecule has 1 atom stereocenters. The summed E-state index contributed by atoms with van der Waals surface area (Å²) in [5.74, 6) is -0.885. The molecule has 25 heavy (non-hydrogen) atoms. The predicted octanol–water partition coefficient (Wildman–Crippen LogP) is 3.04. The van der Waals surface area contributed by atoms with Crippen molar-refractivity contribution >= 4 is 33.4 Å². The summed E-state index contributed by atoms with van der Waals surface area (Å²) < 4.78 is 31.8. The van der Waals surface area contributed by atoms with Crippen LogP contribution in [0.2, 0.25) is 5.02 Å². The minimum absolute atomic E-state index is 0.0254. The molecule has 1 aliphatic rings. The summed E-state index contributed by atoms with van der Waals surface area (Å²) >= 11 is 6.05. The molecular formula is C17H22ClNO5S. The molecule has 1 unspecified atom stereocenters. The smallest absolute Gasteiger partial charge is 0.340 e. The van der Waals surface area contributed by atoms with Crippen molar-refractivity contribution in [2.75, 3.05) is 13.1 Å². The summed E-state index contributed by atoms with van der Waals surface area (Å²) in [5, 5.41) is 0.0896. The molecule has 0 N–H and O–H groups in total. The molecule has 0 heterocycles. The molecular weight excluding hydrogens is 366 g/mol. The molecule has 0 radical (unpaired) electrons. The van der Waals surface area contributed by atoms with Crippen LogP contribution >= 0.6 is 11.6 Å². The predicted molar refractivity (Wildman–Crippen MR) is 94.2 cm³/mol. The molecule has 1 fully saturated rings. The molecule has 0 aromatic heterocycles. The van der Waals surface area contributed by atoms with E-state index < -0.39 is 22.1 Å². The van der Waals surface area contributed by atoms with Gasteiger partial charge in [-0.05, 0) is 37.5 Å². The normalized spacial score (nSPS) is 18.4. The highest BCUT2D eigenvalue weighted by atomic mass is 35.5. The van der Waals surface area contributed by atoms with E-state index in [1.165, 1.54) is 22.5 Å². The second kappa shape index (κ2) is 8.29.